The van der Waals surface area contributed by atoms with Crippen LogP contribution in [0.25, 0.3) is 11.1 Å². The van der Waals surface area contributed by atoms with Gasteiger partial charge >= 0.3 is 0 Å². The van der Waals surface area contributed by atoms with Gasteiger partial charge in [-0.15, -0.1) is 0 Å². The summed E-state index contributed by atoms with van der Waals surface area (Å²) in [6, 6.07) is 29.8. The van der Waals surface area contributed by atoms with E-state index in [1.165, 1.54) is 0 Å². The van der Waals surface area contributed by atoms with E-state index in [4.69, 9.17) is 5.73 Å². The van der Waals surface area contributed by atoms with Gasteiger partial charge in [0, 0.05) is 41.4 Å². The number of rotatable bonds is 6. The number of amides is 2. The maximum atomic E-state index is 14.0. The van der Waals surface area contributed by atoms with Crippen molar-refractivity contribution in [2.24, 2.45) is 10.9 Å². The molecule has 0 fully saturated rings. The summed E-state index contributed by atoms with van der Waals surface area (Å²) >= 11 is 0. The first-order chi connectivity index (χ1) is 20.5. The summed E-state index contributed by atoms with van der Waals surface area (Å²) in [6.07, 6.45) is 3.42. The number of hydrogen-bond acceptors (Lipinski definition) is 5. The Morgan fingerprint density at radius 2 is 1.69 bits per heavy atom. The van der Waals surface area contributed by atoms with Crippen molar-refractivity contribution in [3.05, 3.63) is 143 Å². The van der Waals surface area contributed by atoms with Crippen LogP contribution in [0.3, 0.4) is 0 Å². The number of para-hydroxylation sites is 1. The van der Waals surface area contributed by atoms with Gasteiger partial charge in [-0.05, 0) is 58.7 Å². The monoisotopic (exact) mass is 556 g/mol. The summed E-state index contributed by atoms with van der Waals surface area (Å²) < 4.78 is 1.97. The number of anilines is 1. The minimum atomic E-state index is -0.190. The Balaban J connectivity index is 1.28. The number of fused-ring (bicyclic) bond motifs is 2. The molecular weight excluding hydrogens is 528 g/mol. The number of hydrogen-bond donors (Lipinski definition) is 3. The van der Waals surface area contributed by atoms with Crippen LogP contribution < -0.4 is 16.0 Å². The lowest BCUT2D eigenvalue weighted by atomic mass is 9.98. The molecule has 9 nitrogen and oxygen atoms in total. The van der Waals surface area contributed by atoms with Gasteiger partial charge in [0.1, 0.15) is 5.69 Å². The van der Waals surface area contributed by atoms with Crippen LogP contribution in [0.5, 0.6) is 0 Å². The highest BCUT2D eigenvalue weighted by molar-refractivity contribution is 6.07. The van der Waals surface area contributed by atoms with Crippen molar-refractivity contribution in [3.8, 4) is 11.1 Å². The predicted octanol–water partition coefficient (Wildman–Crippen LogP) is 4.78. The van der Waals surface area contributed by atoms with Gasteiger partial charge in [-0.3, -0.25) is 14.6 Å². The van der Waals surface area contributed by atoms with Gasteiger partial charge in [0.2, 0.25) is 0 Å². The van der Waals surface area contributed by atoms with E-state index in [-0.39, 0.29) is 17.6 Å². The average Bonchev–Trinajstić information content (AvgIpc) is 3.36. The number of pyridine rings is 1. The molecular formula is C33H28N6O3. The second kappa shape index (κ2) is 11.4. The van der Waals surface area contributed by atoms with Gasteiger partial charge < -0.3 is 25.7 Å². The third-order valence-corrected chi connectivity index (χ3v) is 7.41. The van der Waals surface area contributed by atoms with Crippen LogP contribution in [0, 0.1) is 0 Å². The Morgan fingerprint density at radius 3 is 2.48 bits per heavy atom. The van der Waals surface area contributed by atoms with E-state index in [9.17, 15) is 14.8 Å². The topological polar surface area (TPSA) is 126 Å². The van der Waals surface area contributed by atoms with Crippen molar-refractivity contribution >= 4 is 23.3 Å². The molecule has 0 atom stereocenters. The first-order valence-corrected chi connectivity index (χ1v) is 13.5. The zero-order valence-electron chi connectivity index (χ0n) is 22.6. The van der Waals surface area contributed by atoms with Crippen molar-refractivity contribution in [1.82, 2.24) is 14.9 Å². The van der Waals surface area contributed by atoms with Crippen molar-refractivity contribution in [3.63, 3.8) is 0 Å². The lowest BCUT2D eigenvalue weighted by Gasteiger charge is -2.23. The molecule has 2 amide bonds. The molecule has 0 aliphatic carbocycles. The third-order valence-electron chi connectivity index (χ3n) is 7.41. The van der Waals surface area contributed by atoms with E-state index in [1.54, 1.807) is 41.6 Å². The largest absolute Gasteiger partial charge is 0.409 e. The number of carbonyl (C=O) groups is 2. The van der Waals surface area contributed by atoms with Crippen molar-refractivity contribution in [1.29, 1.82) is 0 Å². The summed E-state index contributed by atoms with van der Waals surface area (Å²) in [4.78, 5) is 33.0. The van der Waals surface area contributed by atoms with E-state index in [0.717, 1.165) is 33.6 Å². The van der Waals surface area contributed by atoms with E-state index < -0.39 is 0 Å². The van der Waals surface area contributed by atoms with E-state index in [1.807, 2.05) is 77.4 Å². The number of carbonyl (C=O) groups excluding carboxylic acids is 2. The van der Waals surface area contributed by atoms with E-state index in [2.05, 4.69) is 15.5 Å². The number of amidine groups is 1. The van der Waals surface area contributed by atoms with Crippen molar-refractivity contribution in [2.75, 3.05) is 4.90 Å². The van der Waals surface area contributed by atoms with Crippen molar-refractivity contribution < 1.29 is 14.8 Å². The van der Waals surface area contributed by atoms with Crippen LogP contribution in [0.15, 0.2) is 115 Å². The van der Waals surface area contributed by atoms with Crippen LogP contribution in [0.1, 0.15) is 43.2 Å². The molecule has 2 aromatic heterocycles. The molecule has 1 aliphatic heterocycles. The fraction of sp³-hybridized carbons (Fsp3) is 0.0909. The van der Waals surface area contributed by atoms with Gasteiger partial charge in [-0.25, -0.2) is 0 Å². The van der Waals surface area contributed by atoms with Crippen LogP contribution in [-0.2, 0) is 19.6 Å². The number of nitrogens with one attached hydrogen (secondary N) is 1. The zero-order valence-corrected chi connectivity index (χ0v) is 22.6. The second-order valence-electron chi connectivity index (χ2n) is 9.97. The lowest BCUT2D eigenvalue weighted by Crippen LogP contribution is -2.30. The van der Waals surface area contributed by atoms with Gasteiger partial charge in [0.05, 0.1) is 13.1 Å². The molecule has 3 heterocycles. The Labute approximate surface area is 242 Å². The lowest BCUT2D eigenvalue weighted by molar-refractivity contribution is 0.0941. The van der Waals surface area contributed by atoms with E-state index >= 15 is 0 Å². The molecule has 0 unspecified atom stereocenters. The molecule has 0 saturated carbocycles. The molecule has 0 bridgehead atoms. The van der Waals surface area contributed by atoms with Crippen LogP contribution in [0.2, 0.25) is 0 Å². The summed E-state index contributed by atoms with van der Waals surface area (Å²) in [5, 5.41) is 15.3. The molecule has 1 aliphatic rings. The number of nitrogens with two attached hydrogens (primary N) is 1. The van der Waals surface area contributed by atoms with Crippen LogP contribution in [0.4, 0.5) is 5.69 Å². The Kier molecular flexibility index (Phi) is 7.21. The van der Waals surface area contributed by atoms with Gasteiger partial charge in [0.15, 0.2) is 5.84 Å². The number of nitrogens with zero attached hydrogens (tertiary/aromatic N) is 4. The molecule has 208 valence electrons. The minimum absolute atomic E-state index is 0.0139. The van der Waals surface area contributed by atoms with Gasteiger partial charge in [-0.1, -0.05) is 65.8 Å². The number of aromatic nitrogens is 2. The standard InChI is InChI=1S/C33H28N6O3/c34-31(37-42)28-9-3-2-8-27(28)23-11-13-24(14-12-23)33(41)39-21-26-15-16-30(32(40)36-19-22-6-5-17-35-18-22)38(26)20-25-7-1-4-10-29(25)39/h1-18,42H,19-21H2,(H2,34,37)(H,36,40). The fourth-order valence-corrected chi connectivity index (χ4v) is 5.28. The molecule has 0 spiro atoms. The molecule has 0 radical (unpaired) electrons. The molecule has 0 saturated heterocycles. The third kappa shape index (κ3) is 5.11. The molecule has 4 N–H and O–H groups in total. The smallest absolute Gasteiger partial charge is 0.268 e. The van der Waals surface area contributed by atoms with Crippen LogP contribution in [-0.4, -0.2) is 32.4 Å². The Bertz CT molecular complexity index is 1790. The highest BCUT2D eigenvalue weighted by Crippen LogP contribution is 2.31. The Hall–Kier alpha value is -5.70. The van der Waals surface area contributed by atoms with Crippen molar-refractivity contribution in [2.45, 2.75) is 19.6 Å². The highest BCUT2D eigenvalue weighted by atomic mass is 16.4. The minimum Gasteiger partial charge on any atom is -0.409 e. The quantitative estimate of drug-likeness (QED) is 0.120. The summed E-state index contributed by atoms with van der Waals surface area (Å²) in [5.74, 6) is -0.332. The Morgan fingerprint density at radius 1 is 0.905 bits per heavy atom. The maximum Gasteiger partial charge on any atom is 0.268 e. The zero-order chi connectivity index (χ0) is 29.1. The highest BCUT2D eigenvalue weighted by Gasteiger charge is 2.27. The number of oxime groups is 1. The summed E-state index contributed by atoms with van der Waals surface area (Å²) in [5.41, 5.74) is 12.7. The summed E-state index contributed by atoms with van der Waals surface area (Å²) in [7, 11) is 0. The van der Waals surface area contributed by atoms with Crippen LogP contribution >= 0.6 is 0 Å². The predicted molar refractivity (Wildman–Crippen MR) is 160 cm³/mol. The first kappa shape index (κ1) is 26.5. The second-order valence-corrected chi connectivity index (χ2v) is 9.97. The molecule has 5 aromatic rings. The maximum absolute atomic E-state index is 14.0. The summed E-state index contributed by atoms with van der Waals surface area (Å²) in [6.45, 7) is 1.13. The number of benzene rings is 3. The molecule has 3 aromatic carbocycles. The first-order valence-electron chi connectivity index (χ1n) is 13.5. The average molecular weight is 557 g/mol. The van der Waals surface area contributed by atoms with Gasteiger partial charge in [-0.2, -0.15) is 0 Å². The molecule has 42 heavy (non-hydrogen) atoms. The van der Waals surface area contributed by atoms with E-state index in [0.29, 0.717) is 36.5 Å². The molecule has 9 heteroatoms. The van der Waals surface area contributed by atoms with Gasteiger partial charge in [0.25, 0.3) is 11.8 Å². The fourth-order valence-electron chi connectivity index (χ4n) is 5.28. The normalized spacial score (nSPS) is 12.7. The molecule has 6 rings (SSSR count). The SMILES string of the molecule is N/C(=N\O)c1ccccc1-c1ccc(C(=O)N2Cc3ccc(C(=O)NCc4cccnc4)n3Cc3ccccc32)cc1.